The van der Waals surface area contributed by atoms with Crippen molar-refractivity contribution in [3.8, 4) is 0 Å². The Labute approximate surface area is 185 Å². The lowest BCUT2D eigenvalue weighted by molar-refractivity contribution is -0.258. The fraction of sp³-hybridized carbons (Fsp3) is 0.524. The normalized spacial score (nSPS) is 20.8. The summed E-state index contributed by atoms with van der Waals surface area (Å²) in [5.74, 6) is 0.308. The fourth-order valence-electron chi connectivity index (χ4n) is 3.81. The van der Waals surface area contributed by atoms with Crippen LogP contribution in [-0.4, -0.2) is 49.7 Å². The van der Waals surface area contributed by atoms with Crippen LogP contribution >= 0.6 is 11.3 Å². The summed E-state index contributed by atoms with van der Waals surface area (Å²) in [6.45, 7) is 5.86. The summed E-state index contributed by atoms with van der Waals surface area (Å²) < 4.78 is 67.1. The van der Waals surface area contributed by atoms with E-state index in [9.17, 15) is 26.7 Å². The van der Waals surface area contributed by atoms with Gasteiger partial charge in [0.2, 0.25) is 0 Å². The van der Waals surface area contributed by atoms with Crippen LogP contribution in [0, 0.1) is 5.92 Å². The monoisotopic (exact) mass is 476 g/mol. The molecule has 1 N–H and O–H groups in total. The van der Waals surface area contributed by atoms with Gasteiger partial charge in [-0.25, -0.2) is 8.42 Å². The van der Waals surface area contributed by atoms with Gasteiger partial charge in [-0.15, -0.1) is 11.3 Å². The largest absolute Gasteiger partial charge is 0.421 e. The molecule has 2 aromatic rings. The van der Waals surface area contributed by atoms with Crippen molar-refractivity contribution in [1.82, 2.24) is 4.31 Å². The molecular weight excluding hydrogens is 449 g/mol. The van der Waals surface area contributed by atoms with Crippen molar-refractivity contribution in [2.24, 2.45) is 5.92 Å². The number of hydrogen-bond donors (Lipinski definition) is 1. The summed E-state index contributed by atoms with van der Waals surface area (Å²) in [6, 6.07) is 8.87. The maximum Gasteiger partial charge on any atom is 0.421 e. The Bertz CT molecular complexity index is 972. The molecule has 5 nitrogen and oxygen atoms in total. The second kappa shape index (κ2) is 8.73. The Hall–Kier alpha value is -1.62. The average Bonchev–Trinajstić information content (AvgIpc) is 3.22. The summed E-state index contributed by atoms with van der Waals surface area (Å²) in [7, 11) is -3.57. The smallest absolute Gasteiger partial charge is 0.376 e. The molecule has 0 bridgehead atoms. The summed E-state index contributed by atoms with van der Waals surface area (Å²) in [5.41, 5.74) is -2.46. The molecule has 2 heterocycles. The van der Waals surface area contributed by atoms with Crippen molar-refractivity contribution in [2.45, 2.75) is 49.2 Å². The number of hydrogen-bond acceptors (Lipinski definition) is 5. The first-order valence-electron chi connectivity index (χ1n) is 10.0. The van der Waals surface area contributed by atoms with Crippen LogP contribution in [0.3, 0.4) is 0 Å². The zero-order valence-electron chi connectivity index (χ0n) is 17.6. The van der Waals surface area contributed by atoms with Gasteiger partial charge in [-0.3, -0.25) is 0 Å². The summed E-state index contributed by atoms with van der Waals surface area (Å²) >= 11 is 1.18. The van der Waals surface area contributed by atoms with Gasteiger partial charge in [0, 0.05) is 31.4 Å². The van der Waals surface area contributed by atoms with Crippen molar-refractivity contribution in [3.05, 3.63) is 47.3 Å². The van der Waals surface area contributed by atoms with E-state index in [-0.39, 0.29) is 18.2 Å². The number of alkyl halides is 3. The minimum atomic E-state index is -4.78. The van der Waals surface area contributed by atoms with Crippen LogP contribution in [0.1, 0.15) is 32.8 Å². The zero-order valence-corrected chi connectivity index (χ0v) is 19.3. The Morgan fingerprint density at radius 3 is 2.32 bits per heavy atom. The summed E-state index contributed by atoms with van der Waals surface area (Å²) in [5, 5.41) is 11.6. The molecule has 0 spiro atoms. The summed E-state index contributed by atoms with van der Waals surface area (Å²) in [6.07, 6.45) is -4.05. The first-order chi connectivity index (χ1) is 14.3. The molecular formula is C21H27F3N2O3S2. The Morgan fingerprint density at radius 2 is 1.81 bits per heavy atom. The van der Waals surface area contributed by atoms with Gasteiger partial charge >= 0.3 is 6.18 Å². The van der Waals surface area contributed by atoms with Crippen molar-refractivity contribution < 1.29 is 26.7 Å². The molecule has 1 saturated heterocycles. The molecule has 0 aliphatic carbocycles. The number of rotatable bonds is 6. The standard InChI is InChI=1S/C21H27F3N2O3S2/c1-15(2)13-18-14-25(31(28,29)19-5-4-12-30-19)10-11-26(18)17-8-6-16(7-9-17)20(3,27)21(22,23)24/h4-9,12,15,18,27H,10-11,13-14H2,1-3H3. The molecule has 31 heavy (non-hydrogen) atoms. The Balaban J connectivity index is 1.84. The molecule has 1 aliphatic rings. The number of anilines is 1. The van der Waals surface area contributed by atoms with E-state index in [1.807, 2.05) is 4.90 Å². The number of piperazine rings is 1. The maximum atomic E-state index is 13.1. The average molecular weight is 477 g/mol. The zero-order chi connectivity index (χ0) is 23.0. The fourth-order valence-corrected chi connectivity index (χ4v) is 6.42. The van der Waals surface area contributed by atoms with Crippen molar-refractivity contribution in [3.63, 3.8) is 0 Å². The predicted octanol–water partition coefficient (Wildman–Crippen LogP) is 4.44. The molecule has 0 saturated carbocycles. The lowest BCUT2D eigenvalue weighted by atomic mass is 9.94. The number of nitrogens with zero attached hydrogens (tertiary/aromatic N) is 2. The molecule has 2 unspecified atom stereocenters. The molecule has 172 valence electrons. The van der Waals surface area contributed by atoms with E-state index in [4.69, 9.17) is 0 Å². The highest BCUT2D eigenvalue weighted by molar-refractivity contribution is 7.91. The third-order valence-electron chi connectivity index (χ3n) is 5.59. The highest BCUT2D eigenvalue weighted by Gasteiger charge is 2.51. The van der Waals surface area contributed by atoms with E-state index in [2.05, 4.69) is 13.8 Å². The third-order valence-corrected chi connectivity index (χ3v) is 8.83. The molecule has 1 aromatic heterocycles. The molecule has 2 atom stereocenters. The van der Waals surface area contributed by atoms with Gasteiger partial charge in [0.25, 0.3) is 10.0 Å². The SMILES string of the molecule is CC(C)CC1CN(S(=O)(=O)c2cccs2)CCN1c1ccc(C(C)(O)C(F)(F)F)cc1. The molecule has 3 rings (SSSR count). The topological polar surface area (TPSA) is 60.9 Å². The maximum absolute atomic E-state index is 13.1. The summed E-state index contributed by atoms with van der Waals surface area (Å²) in [4.78, 5) is 2.05. The lowest BCUT2D eigenvalue weighted by Crippen LogP contribution is -2.55. The number of aliphatic hydroxyl groups is 1. The quantitative estimate of drug-likeness (QED) is 0.670. The second-order valence-corrected chi connectivity index (χ2v) is 11.5. The van der Waals surface area contributed by atoms with Crippen LogP contribution < -0.4 is 4.90 Å². The van der Waals surface area contributed by atoms with Crippen molar-refractivity contribution in [2.75, 3.05) is 24.5 Å². The molecule has 10 heteroatoms. The van der Waals surface area contributed by atoms with Gasteiger partial charge in [0.15, 0.2) is 5.60 Å². The molecule has 0 amide bonds. The van der Waals surface area contributed by atoms with Gasteiger partial charge < -0.3 is 10.0 Å². The van der Waals surface area contributed by atoms with Crippen LogP contribution in [0.2, 0.25) is 0 Å². The first-order valence-corrected chi connectivity index (χ1v) is 12.4. The number of benzene rings is 1. The number of thiophene rings is 1. The highest BCUT2D eigenvalue weighted by atomic mass is 32.2. The van der Waals surface area contributed by atoms with E-state index in [1.165, 1.54) is 27.8 Å². The van der Waals surface area contributed by atoms with Crippen LogP contribution in [-0.2, 0) is 15.6 Å². The minimum Gasteiger partial charge on any atom is -0.376 e. The van der Waals surface area contributed by atoms with E-state index < -0.39 is 21.8 Å². The molecule has 1 aliphatic heterocycles. The number of sulfonamides is 1. The molecule has 1 fully saturated rings. The van der Waals surface area contributed by atoms with Gasteiger partial charge in [0.05, 0.1) is 0 Å². The molecule has 0 radical (unpaired) electrons. The predicted molar refractivity (Wildman–Crippen MR) is 116 cm³/mol. The number of halogens is 3. The van der Waals surface area contributed by atoms with Crippen LogP contribution in [0.4, 0.5) is 18.9 Å². The van der Waals surface area contributed by atoms with Gasteiger partial charge in [-0.05, 0) is 48.4 Å². The van der Waals surface area contributed by atoms with E-state index in [1.54, 1.807) is 29.6 Å². The van der Waals surface area contributed by atoms with Crippen molar-refractivity contribution in [1.29, 1.82) is 0 Å². The van der Waals surface area contributed by atoms with Gasteiger partial charge in [-0.2, -0.15) is 17.5 Å². The highest BCUT2D eigenvalue weighted by Crippen LogP contribution is 2.39. The van der Waals surface area contributed by atoms with Crippen LogP contribution in [0.25, 0.3) is 0 Å². The van der Waals surface area contributed by atoms with Crippen LogP contribution in [0.15, 0.2) is 46.0 Å². The second-order valence-electron chi connectivity index (χ2n) is 8.39. The van der Waals surface area contributed by atoms with Gasteiger partial charge in [-0.1, -0.05) is 32.0 Å². The Morgan fingerprint density at radius 1 is 1.16 bits per heavy atom. The van der Waals surface area contributed by atoms with E-state index in [0.29, 0.717) is 28.9 Å². The van der Waals surface area contributed by atoms with E-state index >= 15 is 0 Å². The van der Waals surface area contributed by atoms with Gasteiger partial charge in [0.1, 0.15) is 4.21 Å². The third kappa shape index (κ3) is 4.92. The lowest BCUT2D eigenvalue weighted by Gasteiger charge is -2.43. The molecule has 1 aromatic carbocycles. The van der Waals surface area contributed by atoms with Crippen LogP contribution in [0.5, 0.6) is 0 Å². The van der Waals surface area contributed by atoms with E-state index in [0.717, 1.165) is 13.3 Å². The van der Waals surface area contributed by atoms with Crippen molar-refractivity contribution >= 4 is 27.0 Å². The minimum absolute atomic E-state index is 0.113. The first kappa shape index (κ1) is 24.0. The Kier molecular flexibility index (Phi) is 6.76.